The first kappa shape index (κ1) is 17.5. The fraction of sp³-hybridized carbons (Fsp3) is 0.0526. The van der Waals surface area contributed by atoms with Gasteiger partial charge in [0.1, 0.15) is 5.82 Å². The molecule has 0 saturated carbocycles. The van der Waals surface area contributed by atoms with E-state index in [1.54, 1.807) is 0 Å². The summed E-state index contributed by atoms with van der Waals surface area (Å²) in [4.78, 5) is 16.4. The van der Waals surface area contributed by atoms with Crippen LogP contribution in [-0.4, -0.2) is 10.9 Å². The molecule has 0 unspecified atom stereocenters. The molecule has 0 fully saturated rings. The molecule has 1 heterocycles. The first-order chi connectivity index (χ1) is 12.4. The number of aryl methyl sites for hydroxylation is 1. The number of carbonyl (C=O) groups is 1. The van der Waals surface area contributed by atoms with Crippen molar-refractivity contribution in [2.45, 2.75) is 6.92 Å². The van der Waals surface area contributed by atoms with Crippen molar-refractivity contribution in [1.82, 2.24) is 4.98 Å². The maximum absolute atomic E-state index is 13.7. The summed E-state index contributed by atoms with van der Waals surface area (Å²) in [6, 6.07) is 12.2. The minimum absolute atomic E-state index is 0.180. The van der Waals surface area contributed by atoms with Gasteiger partial charge in [-0.3, -0.25) is 4.79 Å². The SMILES string of the molecule is Cc1cccc(Nc2cc(C(=O)Nc3ccc(F)c(F)c3F)ccn2)c1. The summed E-state index contributed by atoms with van der Waals surface area (Å²) in [6.07, 6.45) is 1.41. The Kier molecular flexibility index (Phi) is 4.88. The zero-order valence-corrected chi connectivity index (χ0v) is 13.7. The molecule has 26 heavy (non-hydrogen) atoms. The Labute approximate surface area is 147 Å². The van der Waals surface area contributed by atoms with Crippen LogP contribution in [-0.2, 0) is 0 Å². The number of anilines is 3. The molecule has 2 aromatic carbocycles. The van der Waals surface area contributed by atoms with Gasteiger partial charge in [0, 0.05) is 17.4 Å². The van der Waals surface area contributed by atoms with E-state index in [0.29, 0.717) is 5.82 Å². The normalized spacial score (nSPS) is 10.5. The minimum Gasteiger partial charge on any atom is -0.340 e. The lowest BCUT2D eigenvalue weighted by Gasteiger charge is -2.10. The van der Waals surface area contributed by atoms with Crippen LogP contribution in [0.5, 0.6) is 0 Å². The van der Waals surface area contributed by atoms with Crippen LogP contribution in [0.25, 0.3) is 0 Å². The second kappa shape index (κ2) is 7.26. The summed E-state index contributed by atoms with van der Waals surface area (Å²) < 4.78 is 39.9. The Hall–Kier alpha value is -3.35. The molecule has 3 rings (SSSR count). The molecule has 1 amide bonds. The molecular weight excluding hydrogens is 343 g/mol. The third-order valence-electron chi connectivity index (χ3n) is 3.60. The van der Waals surface area contributed by atoms with Crippen LogP contribution in [0.15, 0.2) is 54.7 Å². The molecule has 0 spiro atoms. The largest absolute Gasteiger partial charge is 0.340 e. The van der Waals surface area contributed by atoms with Crippen LogP contribution >= 0.6 is 0 Å². The lowest BCUT2D eigenvalue weighted by Crippen LogP contribution is -2.14. The van der Waals surface area contributed by atoms with Gasteiger partial charge in [-0.05, 0) is 48.9 Å². The van der Waals surface area contributed by atoms with Crippen LogP contribution in [0.1, 0.15) is 15.9 Å². The Bertz CT molecular complexity index is 976. The number of nitrogens with zero attached hydrogens (tertiary/aromatic N) is 1. The van der Waals surface area contributed by atoms with E-state index >= 15 is 0 Å². The third kappa shape index (κ3) is 3.83. The molecule has 0 aliphatic heterocycles. The van der Waals surface area contributed by atoms with E-state index in [1.165, 1.54) is 18.3 Å². The van der Waals surface area contributed by atoms with Crippen LogP contribution in [0.3, 0.4) is 0 Å². The number of rotatable bonds is 4. The Morgan fingerprint density at radius 2 is 1.81 bits per heavy atom. The minimum atomic E-state index is -1.64. The van der Waals surface area contributed by atoms with E-state index in [4.69, 9.17) is 0 Å². The molecule has 0 bridgehead atoms. The summed E-state index contributed by atoms with van der Waals surface area (Å²) in [5.74, 6) is -4.68. The molecule has 0 aliphatic carbocycles. The third-order valence-corrected chi connectivity index (χ3v) is 3.60. The number of carbonyl (C=O) groups excluding carboxylic acids is 1. The molecule has 0 saturated heterocycles. The smallest absolute Gasteiger partial charge is 0.255 e. The van der Waals surface area contributed by atoms with Gasteiger partial charge in [0.25, 0.3) is 5.91 Å². The standard InChI is InChI=1S/C19H14F3N3O/c1-11-3-2-4-13(9-11)24-16-10-12(7-8-23-16)19(26)25-15-6-5-14(20)17(21)18(15)22/h2-10H,1H3,(H,23,24)(H,25,26). The molecule has 0 atom stereocenters. The molecule has 4 nitrogen and oxygen atoms in total. The van der Waals surface area contributed by atoms with Gasteiger partial charge >= 0.3 is 0 Å². The lowest BCUT2D eigenvalue weighted by molar-refractivity contribution is 0.102. The first-order valence-corrected chi connectivity index (χ1v) is 7.68. The number of hydrogen-bond donors (Lipinski definition) is 2. The fourth-order valence-electron chi connectivity index (χ4n) is 2.33. The monoisotopic (exact) mass is 357 g/mol. The molecule has 3 aromatic rings. The average molecular weight is 357 g/mol. The van der Waals surface area contributed by atoms with E-state index in [9.17, 15) is 18.0 Å². The van der Waals surface area contributed by atoms with E-state index in [1.807, 2.05) is 31.2 Å². The Morgan fingerprint density at radius 1 is 1.00 bits per heavy atom. The van der Waals surface area contributed by atoms with Crippen LogP contribution in [0.2, 0.25) is 0 Å². The van der Waals surface area contributed by atoms with Crippen molar-refractivity contribution >= 4 is 23.1 Å². The highest BCUT2D eigenvalue weighted by molar-refractivity contribution is 6.04. The number of benzene rings is 2. The van der Waals surface area contributed by atoms with Gasteiger partial charge in [0.15, 0.2) is 17.5 Å². The van der Waals surface area contributed by atoms with E-state index in [-0.39, 0.29) is 5.56 Å². The van der Waals surface area contributed by atoms with Crippen molar-refractivity contribution in [2.24, 2.45) is 0 Å². The molecular formula is C19H14F3N3O. The summed E-state index contributed by atoms with van der Waals surface area (Å²) in [5, 5.41) is 5.28. The van der Waals surface area contributed by atoms with E-state index < -0.39 is 29.0 Å². The lowest BCUT2D eigenvalue weighted by atomic mass is 10.2. The van der Waals surface area contributed by atoms with Gasteiger partial charge in [-0.25, -0.2) is 18.2 Å². The van der Waals surface area contributed by atoms with Crippen LogP contribution < -0.4 is 10.6 Å². The molecule has 2 N–H and O–H groups in total. The number of nitrogens with one attached hydrogen (secondary N) is 2. The van der Waals surface area contributed by atoms with Gasteiger partial charge in [0.05, 0.1) is 5.69 Å². The van der Waals surface area contributed by atoms with Crippen molar-refractivity contribution in [3.8, 4) is 0 Å². The van der Waals surface area contributed by atoms with Crippen molar-refractivity contribution in [1.29, 1.82) is 0 Å². The van der Waals surface area contributed by atoms with Crippen molar-refractivity contribution in [2.75, 3.05) is 10.6 Å². The van der Waals surface area contributed by atoms with Gasteiger partial charge in [-0.1, -0.05) is 12.1 Å². The number of amides is 1. The van der Waals surface area contributed by atoms with Gasteiger partial charge in [-0.2, -0.15) is 0 Å². The highest BCUT2D eigenvalue weighted by Gasteiger charge is 2.16. The molecule has 0 radical (unpaired) electrons. The number of halogens is 3. The quantitative estimate of drug-likeness (QED) is 0.659. The van der Waals surface area contributed by atoms with Crippen LogP contribution in [0, 0.1) is 24.4 Å². The highest BCUT2D eigenvalue weighted by atomic mass is 19.2. The summed E-state index contributed by atoms with van der Waals surface area (Å²) in [5.41, 5.74) is 1.58. The maximum atomic E-state index is 13.7. The van der Waals surface area contributed by atoms with Crippen molar-refractivity contribution in [3.05, 3.63) is 83.3 Å². The number of hydrogen-bond acceptors (Lipinski definition) is 3. The Balaban J connectivity index is 1.79. The van der Waals surface area contributed by atoms with Crippen molar-refractivity contribution < 1.29 is 18.0 Å². The van der Waals surface area contributed by atoms with Crippen LogP contribution in [0.4, 0.5) is 30.4 Å². The van der Waals surface area contributed by atoms with Gasteiger partial charge < -0.3 is 10.6 Å². The zero-order valence-electron chi connectivity index (χ0n) is 13.7. The summed E-state index contributed by atoms with van der Waals surface area (Å²) >= 11 is 0. The predicted octanol–water partition coefficient (Wildman–Crippen LogP) is 4.80. The average Bonchev–Trinajstić information content (AvgIpc) is 2.62. The second-order valence-electron chi connectivity index (χ2n) is 5.60. The molecule has 1 aromatic heterocycles. The molecule has 0 aliphatic rings. The predicted molar refractivity (Wildman–Crippen MR) is 93.0 cm³/mol. The second-order valence-corrected chi connectivity index (χ2v) is 5.60. The molecule has 132 valence electrons. The van der Waals surface area contributed by atoms with E-state index in [0.717, 1.165) is 23.4 Å². The first-order valence-electron chi connectivity index (χ1n) is 7.68. The van der Waals surface area contributed by atoms with E-state index in [2.05, 4.69) is 15.6 Å². The maximum Gasteiger partial charge on any atom is 0.255 e. The highest BCUT2D eigenvalue weighted by Crippen LogP contribution is 2.21. The van der Waals surface area contributed by atoms with Gasteiger partial charge in [-0.15, -0.1) is 0 Å². The topological polar surface area (TPSA) is 54.0 Å². The van der Waals surface area contributed by atoms with Gasteiger partial charge in [0.2, 0.25) is 0 Å². The summed E-state index contributed by atoms with van der Waals surface area (Å²) in [7, 11) is 0. The number of aromatic nitrogens is 1. The fourth-order valence-corrected chi connectivity index (χ4v) is 2.33. The number of pyridine rings is 1. The Morgan fingerprint density at radius 3 is 2.58 bits per heavy atom. The molecule has 7 heteroatoms. The zero-order chi connectivity index (χ0) is 18.7. The van der Waals surface area contributed by atoms with Crippen molar-refractivity contribution in [3.63, 3.8) is 0 Å². The summed E-state index contributed by atoms with van der Waals surface area (Å²) in [6.45, 7) is 1.94.